The molecule has 2 atom stereocenters. The fourth-order valence-electron chi connectivity index (χ4n) is 2.88. The van der Waals surface area contributed by atoms with Crippen molar-refractivity contribution >= 4 is 12.0 Å². The van der Waals surface area contributed by atoms with Crippen LogP contribution in [0.3, 0.4) is 0 Å². The molecule has 4 N–H and O–H groups in total. The van der Waals surface area contributed by atoms with Gasteiger partial charge in [0.15, 0.2) is 0 Å². The molecule has 0 fully saturated rings. The lowest BCUT2D eigenvalue weighted by Gasteiger charge is -2.39. The van der Waals surface area contributed by atoms with E-state index in [9.17, 15) is 14.3 Å². The van der Waals surface area contributed by atoms with E-state index in [1.165, 1.54) is 19.3 Å². The molecule has 1 unspecified atom stereocenters. The minimum absolute atomic E-state index is 0.175. The third-order valence-electron chi connectivity index (χ3n) is 5.11. The third kappa shape index (κ3) is 5.00. The highest BCUT2D eigenvalue weighted by Gasteiger charge is 2.49. The Labute approximate surface area is 170 Å². The molecule has 156 valence electrons. The van der Waals surface area contributed by atoms with E-state index in [0.29, 0.717) is 0 Å². The molecule has 1 amide bonds. The van der Waals surface area contributed by atoms with E-state index in [0.717, 1.165) is 22.4 Å². The van der Waals surface area contributed by atoms with Gasteiger partial charge in [-0.05, 0) is 31.0 Å². The van der Waals surface area contributed by atoms with Crippen molar-refractivity contribution in [3.05, 3.63) is 60.2 Å². The third-order valence-corrected chi connectivity index (χ3v) is 5.11. The number of nitrogens with one attached hydrogen (secondary N) is 2. The minimum atomic E-state index is -2.00. The maximum atomic E-state index is 13.2. The van der Waals surface area contributed by atoms with Crippen LogP contribution in [-0.2, 0) is 4.79 Å². The van der Waals surface area contributed by atoms with Gasteiger partial charge < -0.3 is 9.84 Å². The van der Waals surface area contributed by atoms with Gasteiger partial charge in [-0.3, -0.25) is 15.3 Å². The number of methoxy groups -OCH3 is 1. The molecule has 0 spiro atoms. The van der Waals surface area contributed by atoms with Gasteiger partial charge in [0.1, 0.15) is 23.6 Å². The predicted molar refractivity (Wildman–Crippen MR) is 110 cm³/mol. The Morgan fingerprint density at radius 1 is 1.17 bits per heavy atom. The highest BCUT2D eigenvalue weighted by molar-refractivity contribution is 5.86. The van der Waals surface area contributed by atoms with Gasteiger partial charge in [-0.15, -0.1) is 0 Å². The second-order valence-electron chi connectivity index (χ2n) is 7.08. The zero-order valence-electron chi connectivity index (χ0n) is 16.8. The van der Waals surface area contributed by atoms with Crippen LogP contribution in [-0.4, -0.2) is 47.7 Å². The Morgan fingerprint density at radius 2 is 1.83 bits per heavy atom. The molecule has 0 aliphatic rings. The Kier molecular flexibility index (Phi) is 7.50. The molecular weight excluding hydrogens is 375 g/mol. The first-order valence-electron chi connectivity index (χ1n) is 9.17. The molecule has 0 heterocycles. The molecule has 0 radical (unpaired) electrons. The second kappa shape index (κ2) is 9.65. The quantitative estimate of drug-likeness (QED) is 0.382. The average Bonchev–Trinajstić information content (AvgIpc) is 2.76. The zero-order chi connectivity index (χ0) is 21.5. The number of ether oxygens (including phenoxy) is 1. The molecule has 0 saturated carbocycles. The Balaban J connectivity index is 2.08. The summed E-state index contributed by atoms with van der Waals surface area (Å²) in [5.41, 5.74) is 0.700. The summed E-state index contributed by atoms with van der Waals surface area (Å²) in [4.78, 5) is 11.9. The predicted octanol–water partition coefficient (Wildman–Crippen LogP) is 2.95. The summed E-state index contributed by atoms with van der Waals surface area (Å²) >= 11 is 0. The van der Waals surface area contributed by atoms with Gasteiger partial charge in [-0.1, -0.05) is 54.6 Å². The summed E-state index contributed by atoms with van der Waals surface area (Å²) in [6.45, 7) is 1.54. The number of amides is 1. The highest BCUT2D eigenvalue weighted by Crippen LogP contribution is 2.29. The number of rotatable bonds is 9. The number of hydrogen-bond donors (Lipinski definition) is 4. The van der Waals surface area contributed by atoms with E-state index in [1.54, 1.807) is 13.2 Å². The molecule has 0 aliphatic heterocycles. The maximum absolute atomic E-state index is 13.2. The van der Waals surface area contributed by atoms with Crippen molar-refractivity contribution in [3.8, 4) is 16.9 Å². The Hall–Kier alpha value is -2.74. The standard InChI is InChI=1S/C22H27FN2O4/c1-21(27,15-23)22(2,20(26)25-28)24-14-6-7-16-10-12-17(13-11-16)18-8-4-5-9-19(18)29-3/h4-13,24,27-28H,14-15H2,1-3H3,(H,25,26)/b7-6+/t21-,22?/m1/s1. The van der Waals surface area contributed by atoms with Crippen LogP contribution in [0.15, 0.2) is 54.6 Å². The first kappa shape index (κ1) is 22.5. The SMILES string of the molecule is COc1ccccc1-c1ccc(/C=C/CNC(C)(C(=O)NO)[C@](C)(O)CF)cc1. The molecule has 0 aromatic heterocycles. The lowest BCUT2D eigenvalue weighted by molar-refractivity contribution is -0.148. The van der Waals surface area contributed by atoms with Crippen LogP contribution in [0.2, 0.25) is 0 Å². The lowest BCUT2D eigenvalue weighted by Crippen LogP contribution is -2.68. The fraction of sp³-hybridized carbons (Fsp3) is 0.318. The summed E-state index contributed by atoms with van der Waals surface area (Å²) in [6.07, 6.45) is 3.58. The summed E-state index contributed by atoms with van der Waals surface area (Å²) in [5.74, 6) is -0.129. The molecule has 0 aliphatic carbocycles. The van der Waals surface area contributed by atoms with E-state index < -0.39 is 23.7 Å². The molecule has 2 aromatic rings. The number of para-hydroxylation sites is 1. The van der Waals surface area contributed by atoms with Gasteiger partial charge in [-0.2, -0.15) is 0 Å². The van der Waals surface area contributed by atoms with E-state index in [2.05, 4.69) is 5.32 Å². The van der Waals surface area contributed by atoms with Crippen molar-refractivity contribution in [2.45, 2.75) is 25.0 Å². The van der Waals surface area contributed by atoms with Gasteiger partial charge in [0.05, 0.1) is 7.11 Å². The molecule has 29 heavy (non-hydrogen) atoms. The molecule has 7 heteroatoms. The molecule has 0 saturated heterocycles. The number of benzene rings is 2. The number of hydrogen-bond acceptors (Lipinski definition) is 5. The van der Waals surface area contributed by atoms with Crippen molar-refractivity contribution < 1.29 is 24.2 Å². The van der Waals surface area contributed by atoms with E-state index >= 15 is 0 Å². The number of halogens is 1. The highest BCUT2D eigenvalue weighted by atomic mass is 19.1. The summed E-state index contributed by atoms with van der Waals surface area (Å²) in [5, 5.41) is 21.9. The van der Waals surface area contributed by atoms with Crippen LogP contribution in [0.4, 0.5) is 4.39 Å². The fourth-order valence-corrected chi connectivity index (χ4v) is 2.88. The first-order valence-corrected chi connectivity index (χ1v) is 9.17. The molecule has 2 aromatic carbocycles. The number of carbonyl (C=O) groups excluding carboxylic acids is 1. The lowest BCUT2D eigenvalue weighted by atomic mass is 9.82. The maximum Gasteiger partial charge on any atom is 0.266 e. The molecule has 0 bridgehead atoms. The van der Waals surface area contributed by atoms with Gasteiger partial charge in [-0.25, -0.2) is 9.87 Å². The molecular formula is C22H27FN2O4. The molecule has 6 nitrogen and oxygen atoms in total. The van der Waals surface area contributed by atoms with Crippen molar-refractivity contribution in [1.29, 1.82) is 0 Å². The summed E-state index contributed by atoms with van der Waals surface area (Å²) in [6, 6.07) is 15.6. The van der Waals surface area contributed by atoms with Gasteiger partial charge in [0.2, 0.25) is 0 Å². The van der Waals surface area contributed by atoms with Crippen LogP contribution >= 0.6 is 0 Å². The van der Waals surface area contributed by atoms with Crippen molar-refractivity contribution in [2.75, 3.05) is 20.3 Å². The van der Waals surface area contributed by atoms with Crippen LogP contribution in [0.25, 0.3) is 17.2 Å². The number of alkyl halides is 1. The Morgan fingerprint density at radius 3 is 2.41 bits per heavy atom. The van der Waals surface area contributed by atoms with Gasteiger partial charge >= 0.3 is 0 Å². The largest absolute Gasteiger partial charge is 0.496 e. The zero-order valence-corrected chi connectivity index (χ0v) is 16.8. The Bertz CT molecular complexity index is 852. The summed E-state index contributed by atoms with van der Waals surface area (Å²) < 4.78 is 18.6. The minimum Gasteiger partial charge on any atom is -0.496 e. The van der Waals surface area contributed by atoms with E-state index in [4.69, 9.17) is 9.94 Å². The van der Waals surface area contributed by atoms with Crippen LogP contribution in [0, 0.1) is 0 Å². The van der Waals surface area contributed by atoms with Crippen LogP contribution in [0.1, 0.15) is 19.4 Å². The average molecular weight is 402 g/mol. The van der Waals surface area contributed by atoms with Crippen molar-refractivity contribution in [2.24, 2.45) is 0 Å². The topological polar surface area (TPSA) is 90.8 Å². The van der Waals surface area contributed by atoms with Gasteiger partial charge in [0, 0.05) is 12.1 Å². The molecule has 2 rings (SSSR count). The number of hydroxylamine groups is 1. The van der Waals surface area contributed by atoms with Crippen molar-refractivity contribution in [3.63, 3.8) is 0 Å². The normalized spacial score (nSPS) is 15.5. The number of aliphatic hydroxyl groups is 1. The summed E-state index contributed by atoms with van der Waals surface area (Å²) in [7, 11) is 1.63. The second-order valence-corrected chi connectivity index (χ2v) is 7.08. The van der Waals surface area contributed by atoms with Gasteiger partial charge in [0.25, 0.3) is 5.91 Å². The first-order chi connectivity index (χ1) is 13.8. The van der Waals surface area contributed by atoms with Crippen LogP contribution in [0.5, 0.6) is 5.75 Å². The van der Waals surface area contributed by atoms with E-state index in [1.807, 2.05) is 54.6 Å². The monoisotopic (exact) mass is 402 g/mol. The smallest absolute Gasteiger partial charge is 0.266 e. The van der Waals surface area contributed by atoms with Crippen molar-refractivity contribution in [1.82, 2.24) is 10.8 Å². The number of carbonyl (C=O) groups is 1. The van der Waals surface area contributed by atoms with E-state index in [-0.39, 0.29) is 6.54 Å². The van der Waals surface area contributed by atoms with Crippen LogP contribution < -0.4 is 15.5 Å².